The minimum atomic E-state index is 0.370. The van der Waals surface area contributed by atoms with E-state index in [9.17, 15) is 0 Å². The molecule has 0 amide bonds. The highest BCUT2D eigenvalue weighted by Gasteiger charge is 2.12. The maximum absolute atomic E-state index is 6.08. The molecule has 0 atom stereocenters. The van der Waals surface area contributed by atoms with Crippen LogP contribution in [0.3, 0.4) is 0 Å². The molecule has 2 rings (SSSR count). The van der Waals surface area contributed by atoms with Gasteiger partial charge in [0.2, 0.25) is 0 Å². The zero-order valence-corrected chi connectivity index (χ0v) is 20.3. The summed E-state index contributed by atoms with van der Waals surface area (Å²) in [4.78, 5) is 2.43. The van der Waals surface area contributed by atoms with E-state index in [0.717, 1.165) is 54.7 Å². The highest BCUT2D eigenvalue weighted by atomic mass is 79.9. The number of rotatable bonds is 12. The summed E-state index contributed by atoms with van der Waals surface area (Å²) < 4.78 is 12.4. The number of ether oxygens (including phenoxy) is 2. The van der Waals surface area contributed by atoms with Crippen molar-refractivity contribution >= 4 is 39.1 Å². The molecule has 0 aromatic heterocycles. The van der Waals surface area contributed by atoms with Crippen LogP contribution in [0, 0.1) is 0 Å². The third kappa shape index (κ3) is 7.65. The van der Waals surface area contributed by atoms with Crippen molar-refractivity contribution in [3.05, 3.63) is 56.0 Å². The first kappa shape index (κ1) is 24.3. The van der Waals surface area contributed by atoms with Gasteiger partial charge in [-0.15, -0.1) is 0 Å². The van der Waals surface area contributed by atoms with Gasteiger partial charge in [-0.3, -0.25) is 0 Å². The Balaban J connectivity index is 1.93. The SMILES string of the molecule is CCN(CC)CCCNCc1cc(Br)c(OCc2ccc(Cl)c(Cl)c2)c(OC)c1. The predicted molar refractivity (Wildman–Crippen MR) is 126 cm³/mol. The van der Waals surface area contributed by atoms with Crippen molar-refractivity contribution < 1.29 is 9.47 Å². The molecule has 0 unspecified atom stereocenters. The largest absolute Gasteiger partial charge is 0.493 e. The zero-order chi connectivity index (χ0) is 21.2. The maximum atomic E-state index is 6.08. The monoisotopic (exact) mass is 502 g/mol. The summed E-state index contributed by atoms with van der Waals surface area (Å²) in [5.74, 6) is 1.36. The minimum Gasteiger partial charge on any atom is -0.493 e. The minimum absolute atomic E-state index is 0.370. The molecule has 2 aromatic carbocycles. The smallest absolute Gasteiger partial charge is 0.175 e. The van der Waals surface area contributed by atoms with Crippen molar-refractivity contribution in [3.63, 3.8) is 0 Å². The van der Waals surface area contributed by atoms with Gasteiger partial charge in [-0.1, -0.05) is 43.1 Å². The molecule has 0 bridgehead atoms. The molecule has 4 nitrogen and oxygen atoms in total. The molecule has 29 heavy (non-hydrogen) atoms. The Labute approximate surface area is 192 Å². The summed E-state index contributed by atoms with van der Waals surface area (Å²) in [6.45, 7) is 9.85. The molecule has 2 aromatic rings. The average molecular weight is 504 g/mol. The van der Waals surface area contributed by atoms with E-state index >= 15 is 0 Å². The third-order valence-corrected chi connectivity index (χ3v) is 6.04. The van der Waals surface area contributed by atoms with Crippen LogP contribution in [-0.2, 0) is 13.2 Å². The van der Waals surface area contributed by atoms with Crippen LogP contribution in [0.1, 0.15) is 31.4 Å². The molecule has 0 aliphatic rings. The fourth-order valence-electron chi connectivity index (χ4n) is 3.00. The molecule has 1 N–H and O–H groups in total. The molecule has 160 valence electrons. The van der Waals surface area contributed by atoms with Gasteiger partial charge < -0.3 is 19.7 Å². The molecule has 0 spiro atoms. The van der Waals surface area contributed by atoms with E-state index in [4.69, 9.17) is 32.7 Å². The van der Waals surface area contributed by atoms with Gasteiger partial charge in [0.15, 0.2) is 11.5 Å². The number of benzene rings is 2. The van der Waals surface area contributed by atoms with E-state index in [1.165, 1.54) is 0 Å². The third-order valence-electron chi connectivity index (χ3n) is 4.71. The molecule has 0 saturated carbocycles. The summed E-state index contributed by atoms with van der Waals surface area (Å²) in [6, 6.07) is 9.53. The lowest BCUT2D eigenvalue weighted by atomic mass is 10.2. The first-order chi connectivity index (χ1) is 14.0. The van der Waals surface area contributed by atoms with E-state index in [0.29, 0.717) is 28.2 Å². The summed E-state index contributed by atoms with van der Waals surface area (Å²) in [5, 5.41) is 4.55. The van der Waals surface area contributed by atoms with Crippen LogP contribution in [0.25, 0.3) is 0 Å². The average Bonchev–Trinajstić information content (AvgIpc) is 2.72. The standard InChI is InChI=1S/C22H29BrCl2N2O2/c1-4-27(5-2)10-6-9-26-14-17-11-18(23)22(21(13-17)28-3)29-15-16-7-8-19(24)20(25)12-16/h7-8,11-13,26H,4-6,9-10,14-15H2,1-3H3. The van der Waals surface area contributed by atoms with Crippen LogP contribution < -0.4 is 14.8 Å². The van der Waals surface area contributed by atoms with Crippen LogP contribution in [-0.4, -0.2) is 38.2 Å². The van der Waals surface area contributed by atoms with Crippen molar-refractivity contribution in [3.8, 4) is 11.5 Å². The fourth-order valence-corrected chi connectivity index (χ4v) is 3.93. The van der Waals surface area contributed by atoms with Gasteiger partial charge in [-0.25, -0.2) is 0 Å². The van der Waals surface area contributed by atoms with E-state index < -0.39 is 0 Å². The molecule has 0 aliphatic heterocycles. The molecule has 0 heterocycles. The highest BCUT2D eigenvalue weighted by molar-refractivity contribution is 9.10. The molecule has 0 aliphatic carbocycles. The summed E-state index contributed by atoms with van der Waals surface area (Å²) in [6.07, 6.45) is 1.13. The Bertz CT molecular complexity index is 786. The summed E-state index contributed by atoms with van der Waals surface area (Å²) in [5.41, 5.74) is 2.07. The molecular formula is C22H29BrCl2N2O2. The highest BCUT2D eigenvalue weighted by Crippen LogP contribution is 2.37. The Hall–Kier alpha value is -0.980. The second-order valence-corrected chi connectivity index (χ2v) is 8.37. The maximum Gasteiger partial charge on any atom is 0.175 e. The van der Waals surface area contributed by atoms with E-state index in [-0.39, 0.29) is 0 Å². The molecular weight excluding hydrogens is 475 g/mol. The van der Waals surface area contributed by atoms with Crippen molar-refractivity contribution in [1.82, 2.24) is 10.2 Å². The van der Waals surface area contributed by atoms with Gasteiger partial charge in [-0.05, 0) is 83.9 Å². The Morgan fingerprint density at radius 2 is 1.79 bits per heavy atom. The van der Waals surface area contributed by atoms with Crippen LogP contribution in [0.4, 0.5) is 0 Å². The number of halogens is 3. The van der Waals surface area contributed by atoms with Crippen molar-refractivity contribution in [1.29, 1.82) is 0 Å². The molecule has 0 saturated heterocycles. The zero-order valence-electron chi connectivity index (χ0n) is 17.2. The van der Waals surface area contributed by atoms with Crippen LogP contribution in [0.5, 0.6) is 11.5 Å². The second kappa shape index (κ2) is 12.7. The number of nitrogens with zero attached hydrogens (tertiary/aromatic N) is 1. The van der Waals surface area contributed by atoms with E-state index in [1.54, 1.807) is 19.2 Å². The first-order valence-electron chi connectivity index (χ1n) is 9.84. The van der Waals surface area contributed by atoms with Crippen molar-refractivity contribution in [2.24, 2.45) is 0 Å². The number of hydrogen-bond acceptors (Lipinski definition) is 4. The topological polar surface area (TPSA) is 33.7 Å². The Morgan fingerprint density at radius 3 is 2.45 bits per heavy atom. The van der Waals surface area contributed by atoms with Gasteiger partial charge in [-0.2, -0.15) is 0 Å². The van der Waals surface area contributed by atoms with Gasteiger partial charge in [0.25, 0.3) is 0 Å². The second-order valence-electron chi connectivity index (χ2n) is 6.70. The lowest BCUT2D eigenvalue weighted by Gasteiger charge is -2.18. The van der Waals surface area contributed by atoms with Gasteiger partial charge in [0, 0.05) is 6.54 Å². The van der Waals surface area contributed by atoms with Crippen LogP contribution in [0.15, 0.2) is 34.8 Å². The lowest BCUT2D eigenvalue weighted by Crippen LogP contribution is -2.27. The normalized spacial score (nSPS) is 11.1. The van der Waals surface area contributed by atoms with Gasteiger partial charge >= 0.3 is 0 Å². The van der Waals surface area contributed by atoms with Crippen molar-refractivity contribution in [2.45, 2.75) is 33.4 Å². The fraction of sp³-hybridized carbons (Fsp3) is 0.455. The summed E-state index contributed by atoms with van der Waals surface area (Å²) >= 11 is 15.7. The quantitative estimate of drug-likeness (QED) is 0.351. The van der Waals surface area contributed by atoms with E-state index in [1.807, 2.05) is 12.1 Å². The first-order valence-corrected chi connectivity index (χ1v) is 11.4. The molecule has 7 heteroatoms. The van der Waals surface area contributed by atoms with Crippen LogP contribution >= 0.6 is 39.1 Å². The van der Waals surface area contributed by atoms with Crippen LogP contribution in [0.2, 0.25) is 10.0 Å². The van der Waals surface area contributed by atoms with E-state index in [2.05, 4.69) is 46.1 Å². The summed E-state index contributed by atoms with van der Waals surface area (Å²) in [7, 11) is 1.65. The Morgan fingerprint density at radius 1 is 1.03 bits per heavy atom. The number of methoxy groups -OCH3 is 1. The Kier molecular flexibility index (Phi) is 10.6. The lowest BCUT2D eigenvalue weighted by molar-refractivity contribution is 0.282. The van der Waals surface area contributed by atoms with Crippen molar-refractivity contribution in [2.75, 3.05) is 33.3 Å². The number of hydrogen-bond donors (Lipinski definition) is 1. The van der Waals surface area contributed by atoms with Gasteiger partial charge in [0.1, 0.15) is 6.61 Å². The molecule has 0 radical (unpaired) electrons. The molecule has 0 fully saturated rings. The van der Waals surface area contributed by atoms with Gasteiger partial charge in [0.05, 0.1) is 21.6 Å². The predicted octanol–water partition coefficient (Wildman–Crippen LogP) is 6.17. The number of nitrogens with one attached hydrogen (secondary N) is 1.